The Bertz CT molecular complexity index is 338. The maximum atomic E-state index is 11.8. The summed E-state index contributed by atoms with van der Waals surface area (Å²) in [6.45, 7) is 7.42. The number of rotatable bonds is 8. The van der Waals surface area contributed by atoms with Crippen molar-refractivity contribution >= 4 is 5.91 Å². The van der Waals surface area contributed by atoms with Crippen LogP contribution in [-0.2, 0) is 11.3 Å². The van der Waals surface area contributed by atoms with E-state index in [4.69, 9.17) is 0 Å². The molecule has 0 aliphatic carbocycles. The van der Waals surface area contributed by atoms with Crippen molar-refractivity contribution in [2.75, 3.05) is 6.54 Å². The average molecular weight is 253 g/mol. The number of nitrogens with zero attached hydrogens (tertiary/aromatic N) is 3. The number of amides is 1. The van der Waals surface area contributed by atoms with Crippen LogP contribution in [0.2, 0.25) is 0 Å². The number of carbonyl (C=O) groups excluding carboxylic acids is 1. The molecule has 0 fully saturated rings. The van der Waals surface area contributed by atoms with Crippen LogP contribution in [0.1, 0.15) is 33.6 Å². The second-order valence-corrected chi connectivity index (χ2v) is 4.54. The highest BCUT2D eigenvalue weighted by atomic mass is 16.2. The molecule has 0 aliphatic heterocycles. The van der Waals surface area contributed by atoms with Crippen LogP contribution in [0.4, 0.5) is 0 Å². The van der Waals surface area contributed by atoms with Crippen LogP contribution in [0.3, 0.4) is 0 Å². The number of aromatic nitrogens is 3. The van der Waals surface area contributed by atoms with E-state index in [1.54, 1.807) is 17.1 Å². The van der Waals surface area contributed by atoms with Gasteiger partial charge in [0.2, 0.25) is 5.91 Å². The Hall–Kier alpha value is -1.43. The molecule has 0 aromatic carbocycles. The predicted octanol–water partition coefficient (Wildman–Crippen LogP) is 0.561. The van der Waals surface area contributed by atoms with Gasteiger partial charge in [-0.2, -0.15) is 0 Å². The summed E-state index contributed by atoms with van der Waals surface area (Å²) in [5, 5.41) is 13.7. The minimum atomic E-state index is -0.187. The van der Waals surface area contributed by atoms with E-state index >= 15 is 0 Å². The molecule has 1 rings (SSSR count). The summed E-state index contributed by atoms with van der Waals surface area (Å²) >= 11 is 0. The van der Waals surface area contributed by atoms with Crippen molar-refractivity contribution in [2.24, 2.45) is 0 Å². The Morgan fingerprint density at radius 3 is 2.83 bits per heavy atom. The number of carbonyl (C=O) groups is 1. The van der Waals surface area contributed by atoms with Crippen LogP contribution in [0.25, 0.3) is 0 Å². The lowest BCUT2D eigenvalue weighted by Gasteiger charge is -2.18. The standard InChI is InChI=1S/C12H23N5O/c1-4-5-10(2)15-12(18)11(3)13-6-8-17-9-7-14-16-17/h7,9-11,13H,4-6,8H2,1-3H3,(H,15,18). The van der Waals surface area contributed by atoms with Gasteiger partial charge in [0, 0.05) is 18.8 Å². The van der Waals surface area contributed by atoms with Crippen molar-refractivity contribution in [3.63, 3.8) is 0 Å². The molecule has 6 nitrogen and oxygen atoms in total. The van der Waals surface area contributed by atoms with Gasteiger partial charge < -0.3 is 10.6 Å². The van der Waals surface area contributed by atoms with Crippen LogP contribution >= 0.6 is 0 Å². The molecule has 0 bridgehead atoms. The lowest BCUT2D eigenvalue weighted by atomic mass is 10.2. The van der Waals surface area contributed by atoms with E-state index in [1.807, 2.05) is 13.8 Å². The molecule has 1 heterocycles. The van der Waals surface area contributed by atoms with Crippen molar-refractivity contribution in [3.05, 3.63) is 12.4 Å². The normalized spacial score (nSPS) is 14.2. The molecule has 2 N–H and O–H groups in total. The molecule has 2 unspecified atom stereocenters. The zero-order valence-electron chi connectivity index (χ0n) is 11.4. The molecule has 0 saturated carbocycles. The topological polar surface area (TPSA) is 71.8 Å². The molecule has 18 heavy (non-hydrogen) atoms. The van der Waals surface area contributed by atoms with E-state index < -0.39 is 0 Å². The smallest absolute Gasteiger partial charge is 0.237 e. The number of nitrogens with one attached hydrogen (secondary N) is 2. The molecular formula is C12H23N5O. The van der Waals surface area contributed by atoms with E-state index in [0.717, 1.165) is 12.8 Å². The Labute approximate surface area is 108 Å². The number of hydrogen-bond acceptors (Lipinski definition) is 4. The summed E-state index contributed by atoms with van der Waals surface area (Å²) in [5.74, 6) is 0.0505. The molecule has 2 atom stereocenters. The van der Waals surface area contributed by atoms with E-state index in [0.29, 0.717) is 13.1 Å². The maximum Gasteiger partial charge on any atom is 0.237 e. The van der Waals surface area contributed by atoms with Gasteiger partial charge in [-0.15, -0.1) is 5.10 Å². The van der Waals surface area contributed by atoms with Crippen LogP contribution in [0.15, 0.2) is 12.4 Å². The fourth-order valence-electron chi connectivity index (χ4n) is 1.71. The fourth-order valence-corrected chi connectivity index (χ4v) is 1.71. The first-order chi connectivity index (χ1) is 8.63. The molecule has 1 amide bonds. The Morgan fingerprint density at radius 1 is 1.44 bits per heavy atom. The van der Waals surface area contributed by atoms with Gasteiger partial charge in [-0.05, 0) is 20.3 Å². The summed E-state index contributed by atoms with van der Waals surface area (Å²) in [6, 6.07) is 0.0508. The lowest BCUT2D eigenvalue weighted by molar-refractivity contribution is -0.123. The van der Waals surface area contributed by atoms with Gasteiger partial charge in [0.15, 0.2) is 0 Å². The van der Waals surface area contributed by atoms with Crippen molar-refractivity contribution in [3.8, 4) is 0 Å². The molecule has 102 valence electrons. The first-order valence-corrected chi connectivity index (χ1v) is 6.51. The molecule has 1 aromatic rings. The van der Waals surface area contributed by atoms with Crippen LogP contribution in [0.5, 0.6) is 0 Å². The predicted molar refractivity (Wildman–Crippen MR) is 70.0 cm³/mol. The van der Waals surface area contributed by atoms with Crippen LogP contribution in [0, 0.1) is 0 Å². The van der Waals surface area contributed by atoms with E-state index in [9.17, 15) is 4.79 Å². The molecule has 0 radical (unpaired) electrons. The van der Waals surface area contributed by atoms with Gasteiger partial charge in [0.25, 0.3) is 0 Å². The lowest BCUT2D eigenvalue weighted by Crippen LogP contribution is -2.46. The zero-order valence-corrected chi connectivity index (χ0v) is 11.4. The highest BCUT2D eigenvalue weighted by Crippen LogP contribution is 1.95. The second kappa shape index (κ2) is 7.81. The monoisotopic (exact) mass is 253 g/mol. The fraction of sp³-hybridized carbons (Fsp3) is 0.750. The molecule has 0 aliphatic rings. The Balaban J connectivity index is 2.19. The third kappa shape index (κ3) is 5.27. The molecule has 0 spiro atoms. The average Bonchev–Trinajstić information content (AvgIpc) is 2.82. The largest absolute Gasteiger partial charge is 0.352 e. The summed E-state index contributed by atoms with van der Waals surface area (Å²) in [4.78, 5) is 11.8. The summed E-state index contributed by atoms with van der Waals surface area (Å²) in [6.07, 6.45) is 5.53. The van der Waals surface area contributed by atoms with Crippen molar-refractivity contribution in [1.29, 1.82) is 0 Å². The van der Waals surface area contributed by atoms with Crippen LogP contribution in [-0.4, -0.2) is 39.5 Å². The van der Waals surface area contributed by atoms with Gasteiger partial charge in [-0.3, -0.25) is 9.48 Å². The van der Waals surface area contributed by atoms with Crippen molar-refractivity contribution in [1.82, 2.24) is 25.6 Å². The van der Waals surface area contributed by atoms with Gasteiger partial charge in [-0.1, -0.05) is 18.6 Å². The number of hydrogen-bond donors (Lipinski definition) is 2. The minimum Gasteiger partial charge on any atom is -0.352 e. The highest BCUT2D eigenvalue weighted by molar-refractivity contribution is 5.81. The molecule has 1 aromatic heterocycles. The van der Waals surface area contributed by atoms with E-state index in [-0.39, 0.29) is 18.0 Å². The molecule has 0 saturated heterocycles. The SMILES string of the molecule is CCCC(C)NC(=O)C(C)NCCn1ccnn1. The first kappa shape index (κ1) is 14.6. The van der Waals surface area contributed by atoms with E-state index in [1.165, 1.54) is 0 Å². The first-order valence-electron chi connectivity index (χ1n) is 6.51. The summed E-state index contributed by atoms with van der Waals surface area (Å²) in [5.41, 5.74) is 0. The zero-order chi connectivity index (χ0) is 13.4. The van der Waals surface area contributed by atoms with Crippen molar-refractivity contribution in [2.45, 2.75) is 52.2 Å². The highest BCUT2D eigenvalue weighted by Gasteiger charge is 2.13. The molecule has 6 heteroatoms. The van der Waals surface area contributed by atoms with Gasteiger partial charge in [0.1, 0.15) is 0 Å². The third-order valence-electron chi connectivity index (χ3n) is 2.77. The second-order valence-electron chi connectivity index (χ2n) is 4.54. The maximum absolute atomic E-state index is 11.8. The Kier molecular flexibility index (Phi) is 6.35. The van der Waals surface area contributed by atoms with Gasteiger partial charge in [0.05, 0.1) is 18.8 Å². The minimum absolute atomic E-state index is 0.0505. The summed E-state index contributed by atoms with van der Waals surface area (Å²) < 4.78 is 1.73. The van der Waals surface area contributed by atoms with Crippen LogP contribution < -0.4 is 10.6 Å². The Morgan fingerprint density at radius 2 is 2.22 bits per heavy atom. The van der Waals surface area contributed by atoms with Gasteiger partial charge in [-0.25, -0.2) is 0 Å². The molecular weight excluding hydrogens is 230 g/mol. The third-order valence-corrected chi connectivity index (χ3v) is 2.77. The summed E-state index contributed by atoms with van der Waals surface area (Å²) in [7, 11) is 0. The quantitative estimate of drug-likeness (QED) is 0.710. The van der Waals surface area contributed by atoms with Crippen molar-refractivity contribution < 1.29 is 4.79 Å². The van der Waals surface area contributed by atoms with Gasteiger partial charge >= 0.3 is 0 Å². The van der Waals surface area contributed by atoms with E-state index in [2.05, 4.69) is 27.9 Å².